The van der Waals surface area contributed by atoms with Crippen molar-refractivity contribution < 1.29 is 9.59 Å². The van der Waals surface area contributed by atoms with Crippen molar-refractivity contribution in [3.8, 4) is 0 Å². The van der Waals surface area contributed by atoms with Crippen molar-refractivity contribution in [1.29, 1.82) is 0 Å². The summed E-state index contributed by atoms with van der Waals surface area (Å²) in [5.74, 6) is 0.977. The van der Waals surface area contributed by atoms with Crippen molar-refractivity contribution in [1.82, 2.24) is 9.88 Å². The van der Waals surface area contributed by atoms with E-state index in [1.54, 1.807) is 48.1 Å². The molecule has 0 aromatic carbocycles. The van der Waals surface area contributed by atoms with E-state index in [1.165, 1.54) is 0 Å². The Bertz CT molecular complexity index is 545. The Morgan fingerprint density at radius 1 is 1.48 bits per heavy atom. The van der Waals surface area contributed by atoms with Gasteiger partial charge in [-0.05, 0) is 25.5 Å². The minimum atomic E-state index is -0.420. The highest BCUT2D eigenvalue weighted by molar-refractivity contribution is 7.99. The first kappa shape index (κ1) is 15.6. The maximum absolute atomic E-state index is 12.4. The monoisotopic (exact) mass is 305 g/mol. The number of allylic oxidation sites excluding steroid dienone is 1. The van der Waals surface area contributed by atoms with Gasteiger partial charge in [-0.2, -0.15) is 0 Å². The predicted octanol–water partition coefficient (Wildman–Crippen LogP) is 2.28. The average Bonchev–Trinajstić information content (AvgIpc) is 2.97. The number of nitrogens with zero attached hydrogens (tertiary/aromatic N) is 2. The summed E-state index contributed by atoms with van der Waals surface area (Å²) >= 11 is 1.60. The van der Waals surface area contributed by atoms with Crippen LogP contribution in [0.3, 0.4) is 0 Å². The van der Waals surface area contributed by atoms with Gasteiger partial charge in [-0.3, -0.25) is 14.6 Å². The van der Waals surface area contributed by atoms with Crippen LogP contribution in [0.5, 0.6) is 0 Å². The van der Waals surface area contributed by atoms with Crippen molar-refractivity contribution in [2.24, 2.45) is 0 Å². The lowest BCUT2D eigenvalue weighted by Gasteiger charge is -2.23. The molecule has 1 N–H and O–H groups in total. The van der Waals surface area contributed by atoms with Crippen molar-refractivity contribution in [2.45, 2.75) is 26.3 Å². The van der Waals surface area contributed by atoms with Gasteiger partial charge in [0.1, 0.15) is 6.04 Å². The van der Waals surface area contributed by atoms with Gasteiger partial charge in [-0.1, -0.05) is 13.0 Å². The first-order chi connectivity index (χ1) is 10.1. The third kappa shape index (κ3) is 3.85. The summed E-state index contributed by atoms with van der Waals surface area (Å²) in [5.41, 5.74) is 1.39. The predicted molar refractivity (Wildman–Crippen MR) is 84.9 cm³/mol. The molecule has 0 aliphatic carbocycles. The number of hydrogen-bond acceptors (Lipinski definition) is 4. The molecule has 0 unspecified atom stereocenters. The van der Waals surface area contributed by atoms with E-state index in [0.29, 0.717) is 22.9 Å². The van der Waals surface area contributed by atoms with Gasteiger partial charge in [0.05, 0.1) is 5.88 Å². The zero-order chi connectivity index (χ0) is 15.2. The van der Waals surface area contributed by atoms with Crippen LogP contribution in [0.25, 0.3) is 0 Å². The maximum atomic E-state index is 12.4. The van der Waals surface area contributed by atoms with Gasteiger partial charge in [0, 0.05) is 29.4 Å². The van der Waals surface area contributed by atoms with E-state index in [-0.39, 0.29) is 11.8 Å². The molecule has 112 valence electrons. The quantitative estimate of drug-likeness (QED) is 0.867. The molecule has 1 fully saturated rings. The van der Waals surface area contributed by atoms with Gasteiger partial charge in [-0.25, -0.2) is 0 Å². The zero-order valence-corrected chi connectivity index (χ0v) is 13.0. The zero-order valence-electron chi connectivity index (χ0n) is 12.2. The van der Waals surface area contributed by atoms with Crippen LogP contribution in [-0.2, 0) is 9.59 Å². The van der Waals surface area contributed by atoms with E-state index in [9.17, 15) is 9.59 Å². The van der Waals surface area contributed by atoms with Crippen LogP contribution in [0.15, 0.2) is 36.2 Å². The summed E-state index contributed by atoms with van der Waals surface area (Å²) < 4.78 is 0. The van der Waals surface area contributed by atoms with Crippen LogP contribution < -0.4 is 5.32 Å². The second kappa shape index (κ2) is 7.26. The molecule has 1 aromatic rings. The number of amides is 2. The third-order valence-corrected chi connectivity index (χ3v) is 4.25. The molecule has 2 amide bonds. The van der Waals surface area contributed by atoms with Crippen molar-refractivity contribution in [2.75, 3.05) is 16.9 Å². The molecule has 6 heteroatoms. The lowest BCUT2D eigenvalue weighted by atomic mass is 10.2. The molecular weight excluding hydrogens is 286 g/mol. The number of nitrogens with one attached hydrogen (secondary N) is 1. The number of anilines is 1. The molecule has 0 radical (unpaired) electrons. The van der Waals surface area contributed by atoms with E-state index in [4.69, 9.17) is 0 Å². The van der Waals surface area contributed by atoms with Gasteiger partial charge in [0.2, 0.25) is 5.91 Å². The lowest BCUT2D eigenvalue weighted by molar-refractivity contribution is -0.133. The van der Waals surface area contributed by atoms with Crippen LogP contribution in [0.2, 0.25) is 0 Å². The summed E-state index contributed by atoms with van der Waals surface area (Å²) in [7, 11) is 0. The van der Waals surface area contributed by atoms with Crippen LogP contribution in [0, 0.1) is 0 Å². The fraction of sp³-hybridized carbons (Fsp3) is 0.400. The van der Waals surface area contributed by atoms with E-state index >= 15 is 0 Å². The van der Waals surface area contributed by atoms with E-state index in [1.807, 2.05) is 13.0 Å². The molecule has 1 aromatic heterocycles. The SMILES string of the molecule is CC/C=C(/C)C(=O)N1CSC[C@H]1C(=O)Nc1ccncc1. The number of carbonyl (C=O) groups is 2. The molecule has 1 aliphatic rings. The molecule has 0 spiro atoms. The first-order valence-electron chi connectivity index (χ1n) is 6.90. The second-order valence-corrected chi connectivity index (χ2v) is 5.81. The number of rotatable bonds is 4. The van der Waals surface area contributed by atoms with Crippen molar-refractivity contribution >= 4 is 29.3 Å². The van der Waals surface area contributed by atoms with Crippen LogP contribution in [0.1, 0.15) is 20.3 Å². The van der Waals surface area contributed by atoms with Gasteiger partial charge in [0.15, 0.2) is 0 Å². The summed E-state index contributed by atoms with van der Waals surface area (Å²) in [5, 5.41) is 2.83. The Balaban J connectivity index is 2.06. The van der Waals surface area contributed by atoms with Crippen LogP contribution >= 0.6 is 11.8 Å². The summed E-state index contributed by atoms with van der Waals surface area (Å²) in [6.07, 6.45) is 5.95. The number of aromatic nitrogens is 1. The maximum Gasteiger partial charge on any atom is 0.250 e. The Kier molecular flexibility index (Phi) is 5.38. The van der Waals surface area contributed by atoms with E-state index in [2.05, 4.69) is 10.3 Å². The minimum Gasteiger partial charge on any atom is -0.324 e. The Morgan fingerprint density at radius 2 is 2.19 bits per heavy atom. The molecule has 2 heterocycles. The summed E-state index contributed by atoms with van der Waals surface area (Å²) in [4.78, 5) is 30.3. The Hall–Kier alpha value is -1.82. The smallest absolute Gasteiger partial charge is 0.250 e. The second-order valence-electron chi connectivity index (χ2n) is 4.81. The lowest BCUT2D eigenvalue weighted by Crippen LogP contribution is -2.44. The summed E-state index contributed by atoms with van der Waals surface area (Å²) in [6, 6.07) is 3.04. The molecule has 5 nitrogen and oxygen atoms in total. The van der Waals surface area contributed by atoms with E-state index < -0.39 is 6.04 Å². The third-order valence-electron chi connectivity index (χ3n) is 3.24. The van der Waals surface area contributed by atoms with Crippen LogP contribution in [0.4, 0.5) is 5.69 Å². The molecule has 1 atom stereocenters. The van der Waals surface area contributed by atoms with Crippen LogP contribution in [-0.4, -0.2) is 39.4 Å². The van der Waals surface area contributed by atoms with Gasteiger partial charge in [0.25, 0.3) is 5.91 Å². The number of carbonyl (C=O) groups excluding carboxylic acids is 2. The fourth-order valence-electron chi connectivity index (χ4n) is 2.14. The largest absolute Gasteiger partial charge is 0.324 e. The fourth-order valence-corrected chi connectivity index (χ4v) is 3.29. The normalized spacial score (nSPS) is 18.7. The minimum absolute atomic E-state index is 0.0586. The standard InChI is InChI=1S/C15H19N3O2S/c1-3-4-11(2)15(20)18-10-21-9-13(18)14(19)17-12-5-7-16-8-6-12/h4-8,13H,3,9-10H2,1-2H3,(H,16,17,19)/b11-4-/t13-/m0/s1. The number of pyridine rings is 1. The summed E-state index contributed by atoms with van der Waals surface area (Å²) in [6.45, 7) is 3.79. The van der Waals surface area contributed by atoms with Gasteiger partial charge >= 0.3 is 0 Å². The van der Waals surface area contributed by atoms with Crippen molar-refractivity contribution in [3.63, 3.8) is 0 Å². The Labute approximate surface area is 128 Å². The van der Waals surface area contributed by atoms with Gasteiger partial charge < -0.3 is 10.2 Å². The molecule has 1 aliphatic heterocycles. The van der Waals surface area contributed by atoms with Gasteiger partial charge in [-0.15, -0.1) is 11.8 Å². The number of hydrogen-bond donors (Lipinski definition) is 1. The molecule has 1 saturated heterocycles. The Morgan fingerprint density at radius 3 is 2.86 bits per heavy atom. The van der Waals surface area contributed by atoms with Crippen molar-refractivity contribution in [3.05, 3.63) is 36.2 Å². The highest BCUT2D eigenvalue weighted by Gasteiger charge is 2.34. The molecular formula is C15H19N3O2S. The molecule has 2 rings (SSSR count). The molecule has 21 heavy (non-hydrogen) atoms. The van der Waals surface area contributed by atoms with E-state index in [0.717, 1.165) is 6.42 Å². The highest BCUT2D eigenvalue weighted by Crippen LogP contribution is 2.24. The molecule has 0 saturated carbocycles. The molecule has 0 bridgehead atoms. The average molecular weight is 305 g/mol. The highest BCUT2D eigenvalue weighted by atomic mass is 32.2. The topological polar surface area (TPSA) is 62.3 Å². The first-order valence-corrected chi connectivity index (χ1v) is 8.05. The number of thioether (sulfide) groups is 1.